The Labute approximate surface area is 320 Å². The second-order valence-electron chi connectivity index (χ2n) is 16.2. The number of allylic oxidation sites excluding steroid dienone is 2. The van der Waals surface area contributed by atoms with Crippen molar-refractivity contribution in [3.05, 3.63) is 12.2 Å². The summed E-state index contributed by atoms with van der Waals surface area (Å²) in [7, 11) is 0. The van der Waals surface area contributed by atoms with E-state index in [0.717, 1.165) is 25.7 Å². The average molecular weight is 720 g/mol. The molecule has 0 heterocycles. The number of rotatable bonds is 43. The van der Waals surface area contributed by atoms with Crippen molar-refractivity contribution in [1.82, 2.24) is 5.32 Å². The van der Waals surface area contributed by atoms with Crippen LogP contribution in [0, 0.1) is 0 Å². The maximum absolute atomic E-state index is 12.4. The largest absolute Gasteiger partial charge is 0.394 e. The van der Waals surface area contributed by atoms with Crippen molar-refractivity contribution in [2.75, 3.05) is 6.61 Å². The number of nitrogens with one attached hydrogen (secondary N) is 1. The predicted molar refractivity (Wildman–Crippen MR) is 226 cm³/mol. The van der Waals surface area contributed by atoms with Crippen LogP contribution in [0.4, 0.5) is 0 Å². The lowest BCUT2D eigenvalue weighted by molar-refractivity contribution is -0.123. The molecule has 0 aliphatic carbocycles. The predicted octanol–water partition coefficient (Wildman–Crippen LogP) is 14.6. The van der Waals surface area contributed by atoms with E-state index in [0.29, 0.717) is 12.8 Å². The molecule has 4 heteroatoms. The van der Waals surface area contributed by atoms with Gasteiger partial charge in [-0.25, -0.2) is 0 Å². The molecule has 0 aromatic rings. The number of aliphatic hydroxyl groups excluding tert-OH is 2. The van der Waals surface area contributed by atoms with Crippen LogP contribution in [0.3, 0.4) is 0 Å². The highest BCUT2D eigenvalue weighted by Crippen LogP contribution is 2.16. The normalized spacial score (nSPS) is 12.9. The fraction of sp³-hybridized carbons (Fsp3) is 0.936. The van der Waals surface area contributed by atoms with Crippen LogP contribution in [0.5, 0.6) is 0 Å². The summed E-state index contributed by atoms with van der Waals surface area (Å²) in [5.74, 6) is -0.0299. The van der Waals surface area contributed by atoms with Gasteiger partial charge in [-0.15, -0.1) is 0 Å². The average Bonchev–Trinajstić information content (AvgIpc) is 3.13. The highest BCUT2D eigenvalue weighted by Gasteiger charge is 2.20. The number of carbonyl (C=O) groups is 1. The van der Waals surface area contributed by atoms with E-state index in [1.54, 1.807) is 0 Å². The molecule has 1 amide bonds. The molecule has 0 saturated heterocycles. The third-order valence-electron chi connectivity index (χ3n) is 11.0. The lowest BCUT2D eigenvalue weighted by Gasteiger charge is -2.22. The summed E-state index contributed by atoms with van der Waals surface area (Å²) in [6.07, 6.45) is 54.6. The van der Waals surface area contributed by atoms with Crippen LogP contribution < -0.4 is 5.32 Å². The summed E-state index contributed by atoms with van der Waals surface area (Å²) < 4.78 is 0. The molecule has 0 spiro atoms. The van der Waals surface area contributed by atoms with Gasteiger partial charge in [0.1, 0.15) is 0 Å². The first-order chi connectivity index (χ1) is 25.2. The van der Waals surface area contributed by atoms with Gasteiger partial charge in [-0.05, 0) is 38.5 Å². The zero-order chi connectivity index (χ0) is 37.1. The van der Waals surface area contributed by atoms with Crippen LogP contribution in [0.15, 0.2) is 12.2 Å². The van der Waals surface area contributed by atoms with E-state index in [1.807, 2.05) is 0 Å². The molecule has 4 nitrogen and oxygen atoms in total. The first kappa shape index (κ1) is 50.1. The fourth-order valence-electron chi connectivity index (χ4n) is 7.42. The molecule has 2 atom stereocenters. The van der Waals surface area contributed by atoms with Crippen LogP contribution in [-0.2, 0) is 4.79 Å². The Balaban J connectivity index is 3.40. The minimum Gasteiger partial charge on any atom is -0.394 e. The van der Waals surface area contributed by atoms with E-state index in [2.05, 4.69) is 31.3 Å². The van der Waals surface area contributed by atoms with Crippen molar-refractivity contribution in [2.24, 2.45) is 0 Å². The van der Waals surface area contributed by atoms with E-state index in [1.165, 1.54) is 212 Å². The number of aliphatic hydroxyl groups is 2. The topological polar surface area (TPSA) is 69.6 Å². The van der Waals surface area contributed by atoms with Crippen molar-refractivity contribution in [1.29, 1.82) is 0 Å². The maximum atomic E-state index is 12.4. The van der Waals surface area contributed by atoms with E-state index in [-0.39, 0.29) is 12.5 Å². The molecule has 0 aromatic carbocycles. The third-order valence-corrected chi connectivity index (χ3v) is 11.0. The Morgan fingerprint density at radius 1 is 0.451 bits per heavy atom. The van der Waals surface area contributed by atoms with Gasteiger partial charge >= 0.3 is 0 Å². The van der Waals surface area contributed by atoms with Crippen LogP contribution >= 0.6 is 0 Å². The summed E-state index contributed by atoms with van der Waals surface area (Å²) in [6, 6.07) is -0.531. The van der Waals surface area contributed by atoms with Crippen LogP contribution in [0.1, 0.15) is 264 Å². The molecule has 0 aliphatic rings. The Morgan fingerprint density at radius 2 is 0.745 bits per heavy atom. The van der Waals surface area contributed by atoms with E-state index in [4.69, 9.17) is 0 Å². The zero-order valence-electron chi connectivity index (χ0n) is 34.9. The number of hydrogen-bond donors (Lipinski definition) is 3. The van der Waals surface area contributed by atoms with Gasteiger partial charge in [-0.2, -0.15) is 0 Å². The first-order valence-corrected chi connectivity index (χ1v) is 23.4. The first-order valence-electron chi connectivity index (χ1n) is 23.4. The number of amides is 1. The lowest BCUT2D eigenvalue weighted by atomic mass is 10.0. The molecule has 0 aliphatic heterocycles. The minimum atomic E-state index is -0.654. The van der Waals surface area contributed by atoms with E-state index < -0.39 is 12.1 Å². The summed E-state index contributed by atoms with van der Waals surface area (Å²) in [5, 5.41) is 23.1. The van der Waals surface area contributed by atoms with Crippen molar-refractivity contribution < 1.29 is 15.0 Å². The minimum absolute atomic E-state index is 0.0299. The molecule has 2 unspecified atom stereocenters. The maximum Gasteiger partial charge on any atom is 0.220 e. The number of carbonyl (C=O) groups excluding carboxylic acids is 1. The third kappa shape index (κ3) is 40.2. The smallest absolute Gasteiger partial charge is 0.220 e. The lowest BCUT2D eigenvalue weighted by Crippen LogP contribution is -2.45. The van der Waals surface area contributed by atoms with Gasteiger partial charge in [0.25, 0.3) is 0 Å². The summed E-state index contributed by atoms with van der Waals surface area (Å²) in [4.78, 5) is 12.4. The van der Waals surface area contributed by atoms with Crippen LogP contribution in [0.25, 0.3) is 0 Å². The van der Waals surface area contributed by atoms with Crippen molar-refractivity contribution in [3.8, 4) is 0 Å². The summed E-state index contributed by atoms with van der Waals surface area (Å²) >= 11 is 0. The molecule has 3 N–H and O–H groups in total. The Bertz CT molecular complexity index is 695. The van der Waals surface area contributed by atoms with Gasteiger partial charge in [0.2, 0.25) is 5.91 Å². The molecule has 304 valence electrons. The molecule has 51 heavy (non-hydrogen) atoms. The number of hydrogen-bond acceptors (Lipinski definition) is 3. The highest BCUT2D eigenvalue weighted by atomic mass is 16.3. The second kappa shape index (κ2) is 43.5. The van der Waals surface area contributed by atoms with Crippen molar-refractivity contribution >= 4 is 5.91 Å². The Kier molecular flexibility index (Phi) is 42.8. The van der Waals surface area contributed by atoms with Gasteiger partial charge in [-0.1, -0.05) is 231 Å². The second-order valence-corrected chi connectivity index (χ2v) is 16.2. The monoisotopic (exact) mass is 720 g/mol. The SMILES string of the molecule is CCCCCCCCCCCCCC/C=C\CCCCCCCCCCCCCCCC(=O)NC(CO)C(O)CCCCCCCCCCCC. The number of unbranched alkanes of at least 4 members (excludes halogenated alkanes) is 34. The van der Waals surface area contributed by atoms with Crippen molar-refractivity contribution in [2.45, 2.75) is 276 Å². The van der Waals surface area contributed by atoms with Gasteiger partial charge in [0.05, 0.1) is 18.8 Å². The molecular weight excluding hydrogens is 627 g/mol. The summed E-state index contributed by atoms with van der Waals surface area (Å²) in [6.45, 7) is 4.36. The van der Waals surface area contributed by atoms with E-state index in [9.17, 15) is 15.0 Å². The highest BCUT2D eigenvalue weighted by molar-refractivity contribution is 5.76. The van der Waals surface area contributed by atoms with Gasteiger partial charge in [-0.3, -0.25) is 4.79 Å². The van der Waals surface area contributed by atoms with Crippen LogP contribution in [0.2, 0.25) is 0 Å². The molecule has 0 saturated carbocycles. The van der Waals surface area contributed by atoms with Gasteiger partial charge < -0.3 is 15.5 Å². The Hall–Kier alpha value is -0.870. The zero-order valence-corrected chi connectivity index (χ0v) is 34.9. The van der Waals surface area contributed by atoms with Gasteiger partial charge in [0.15, 0.2) is 0 Å². The molecule has 0 bridgehead atoms. The Morgan fingerprint density at radius 3 is 1.08 bits per heavy atom. The quantitative estimate of drug-likeness (QED) is 0.0434. The standard InChI is InChI=1S/C47H93NO3/c1-3-5-7-9-11-13-15-16-17-18-19-20-21-22-23-24-25-26-27-28-29-30-31-32-33-35-37-39-41-43-47(51)48-45(44-49)46(50)42-40-38-36-34-14-12-10-8-6-4-2/h22-23,45-46,49-50H,3-21,24-44H2,1-2H3,(H,48,51)/b23-22-. The van der Waals surface area contributed by atoms with Crippen molar-refractivity contribution in [3.63, 3.8) is 0 Å². The van der Waals surface area contributed by atoms with Crippen LogP contribution in [-0.4, -0.2) is 34.9 Å². The van der Waals surface area contributed by atoms with E-state index >= 15 is 0 Å². The molecule has 0 radical (unpaired) electrons. The molecular formula is C47H93NO3. The molecule has 0 fully saturated rings. The van der Waals surface area contributed by atoms with Gasteiger partial charge in [0, 0.05) is 6.42 Å². The molecule has 0 aromatic heterocycles. The summed E-state index contributed by atoms with van der Waals surface area (Å²) in [5.41, 5.74) is 0. The molecule has 0 rings (SSSR count). The fourth-order valence-corrected chi connectivity index (χ4v) is 7.42.